The van der Waals surface area contributed by atoms with Crippen molar-refractivity contribution < 1.29 is 23.4 Å². The molecule has 0 aliphatic carbocycles. The van der Waals surface area contributed by atoms with E-state index in [2.05, 4.69) is 5.32 Å². The average molecular weight is 412 g/mol. The van der Waals surface area contributed by atoms with Crippen molar-refractivity contribution in [2.45, 2.75) is 25.6 Å². The van der Waals surface area contributed by atoms with E-state index in [-0.39, 0.29) is 17.9 Å². The molecule has 0 heterocycles. The van der Waals surface area contributed by atoms with Crippen LogP contribution in [-0.2, 0) is 24.4 Å². The lowest BCUT2D eigenvalue weighted by Crippen LogP contribution is -2.42. The van der Waals surface area contributed by atoms with Gasteiger partial charge in [-0.05, 0) is 53.9 Å². The number of nitrogens with two attached hydrogens (primary N) is 1. The van der Waals surface area contributed by atoms with Gasteiger partial charge in [0.25, 0.3) is 0 Å². The number of phenols is 1. The molecule has 0 spiro atoms. The van der Waals surface area contributed by atoms with Crippen LogP contribution in [0.3, 0.4) is 0 Å². The molecule has 30 heavy (non-hydrogen) atoms. The number of halogens is 2. The first-order chi connectivity index (χ1) is 14.4. The third-order valence-corrected chi connectivity index (χ3v) is 4.64. The van der Waals surface area contributed by atoms with Gasteiger partial charge >= 0.3 is 0 Å². The molecule has 0 aliphatic rings. The number of benzene rings is 3. The Balaban J connectivity index is 1.55. The van der Waals surface area contributed by atoms with Crippen LogP contribution >= 0.6 is 0 Å². The zero-order valence-electron chi connectivity index (χ0n) is 16.1. The summed E-state index contributed by atoms with van der Waals surface area (Å²) in [5.74, 6) is -1.15. The number of ether oxygens (including phenoxy) is 1. The Morgan fingerprint density at radius 1 is 0.967 bits per heavy atom. The van der Waals surface area contributed by atoms with E-state index in [0.717, 1.165) is 11.1 Å². The summed E-state index contributed by atoms with van der Waals surface area (Å²) < 4.78 is 32.8. The van der Waals surface area contributed by atoms with Gasteiger partial charge in [0.15, 0.2) is 0 Å². The van der Waals surface area contributed by atoms with Gasteiger partial charge in [-0.3, -0.25) is 4.79 Å². The van der Waals surface area contributed by atoms with Crippen molar-refractivity contribution in [3.8, 4) is 11.5 Å². The quantitative estimate of drug-likeness (QED) is 0.503. The predicted molar refractivity (Wildman–Crippen MR) is 109 cm³/mol. The van der Waals surface area contributed by atoms with Crippen molar-refractivity contribution in [2.75, 3.05) is 0 Å². The van der Waals surface area contributed by atoms with E-state index in [1.54, 1.807) is 48.5 Å². The van der Waals surface area contributed by atoms with E-state index in [0.29, 0.717) is 18.7 Å². The molecule has 5 nitrogen and oxygen atoms in total. The summed E-state index contributed by atoms with van der Waals surface area (Å²) in [4.78, 5) is 11.8. The fourth-order valence-electron chi connectivity index (χ4n) is 2.91. The highest BCUT2D eigenvalue weighted by Gasteiger charge is 2.15. The van der Waals surface area contributed by atoms with Gasteiger partial charge in [0, 0.05) is 6.54 Å². The van der Waals surface area contributed by atoms with Gasteiger partial charge in [-0.1, -0.05) is 30.3 Å². The molecular weight excluding hydrogens is 390 g/mol. The summed E-state index contributed by atoms with van der Waals surface area (Å²) in [6.45, 7) is 0.181. The maximum Gasteiger partial charge on any atom is 0.234 e. The van der Waals surface area contributed by atoms with Crippen LogP contribution in [0.5, 0.6) is 11.5 Å². The van der Waals surface area contributed by atoms with Crippen molar-refractivity contribution in [1.82, 2.24) is 5.32 Å². The predicted octanol–water partition coefficient (Wildman–Crippen LogP) is 3.44. The van der Waals surface area contributed by atoms with E-state index >= 15 is 0 Å². The first-order valence-corrected chi connectivity index (χ1v) is 9.37. The Hall–Kier alpha value is -3.45. The van der Waals surface area contributed by atoms with Gasteiger partial charge in [0.05, 0.1) is 11.6 Å². The maximum atomic E-state index is 13.7. The standard InChI is InChI=1S/C23H22F2N2O3/c24-20-2-1-3-21(25)19(20)14-30-18-10-6-16(7-11-18)13-27-22(23(26)29)12-15-4-8-17(28)9-5-15/h1-11,22,27-28H,12-14H2,(H2,26,29). The highest BCUT2D eigenvalue weighted by atomic mass is 19.1. The van der Waals surface area contributed by atoms with Crippen LogP contribution in [0.2, 0.25) is 0 Å². The van der Waals surface area contributed by atoms with E-state index in [9.17, 15) is 18.7 Å². The van der Waals surface area contributed by atoms with Gasteiger partial charge < -0.3 is 20.9 Å². The molecular formula is C23H22F2N2O3. The third kappa shape index (κ3) is 5.78. The van der Waals surface area contributed by atoms with Crippen LogP contribution in [0.1, 0.15) is 16.7 Å². The van der Waals surface area contributed by atoms with Gasteiger partial charge in [0.1, 0.15) is 29.7 Å². The minimum atomic E-state index is -0.651. The summed E-state index contributed by atoms with van der Waals surface area (Å²) in [7, 11) is 0. The molecule has 4 N–H and O–H groups in total. The third-order valence-electron chi connectivity index (χ3n) is 4.64. The minimum absolute atomic E-state index is 0.123. The Morgan fingerprint density at radius 3 is 2.17 bits per heavy atom. The molecule has 1 amide bonds. The van der Waals surface area contributed by atoms with Crippen LogP contribution in [0.25, 0.3) is 0 Å². The zero-order chi connectivity index (χ0) is 21.5. The summed E-state index contributed by atoms with van der Waals surface area (Å²) in [6.07, 6.45) is 0.394. The summed E-state index contributed by atoms with van der Waals surface area (Å²) in [5.41, 5.74) is 7.12. The van der Waals surface area contributed by atoms with Crippen molar-refractivity contribution in [1.29, 1.82) is 0 Å². The highest BCUT2D eigenvalue weighted by Crippen LogP contribution is 2.18. The number of nitrogens with one attached hydrogen (secondary N) is 1. The van der Waals surface area contributed by atoms with Gasteiger partial charge in [-0.25, -0.2) is 8.78 Å². The Morgan fingerprint density at radius 2 is 1.57 bits per heavy atom. The number of primary amides is 1. The summed E-state index contributed by atoms with van der Waals surface area (Å²) in [5, 5.41) is 12.5. The lowest BCUT2D eigenvalue weighted by molar-refractivity contribution is -0.120. The molecule has 0 aromatic heterocycles. The molecule has 1 unspecified atom stereocenters. The molecule has 0 aliphatic heterocycles. The lowest BCUT2D eigenvalue weighted by atomic mass is 10.0. The smallest absolute Gasteiger partial charge is 0.234 e. The molecule has 0 saturated carbocycles. The molecule has 0 fully saturated rings. The maximum absolute atomic E-state index is 13.7. The molecule has 1 atom stereocenters. The largest absolute Gasteiger partial charge is 0.508 e. The molecule has 7 heteroatoms. The van der Waals surface area contributed by atoms with Gasteiger partial charge in [0.2, 0.25) is 5.91 Å². The average Bonchev–Trinajstić information content (AvgIpc) is 2.73. The minimum Gasteiger partial charge on any atom is -0.508 e. The zero-order valence-corrected chi connectivity index (χ0v) is 16.1. The number of aromatic hydroxyl groups is 1. The number of hydrogen-bond donors (Lipinski definition) is 3. The fraction of sp³-hybridized carbons (Fsp3) is 0.174. The fourth-order valence-corrected chi connectivity index (χ4v) is 2.91. The molecule has 156 valence electrons. The SMILES string of the molecule is NC(=O)C(Cc1ccc(O)cc1)NCc1ccc(OCc2c(F)cccc2F)cc1. The normalized spacial score (nSPS) is 11.8. The first-order valence-electron chi connectivity index (χ1n) is 9.37. The number of rotatable bonds is 9. The van der Waals surface area contributed by atoms with Crippen LogP contribution in [-0.4, -0.2) is 17.1 Å². The van der Waals surface area contributed by atoms with E-state index in [1.165, 1.54) is 18.2 Å². The van der Waals surface area contributed by atoms with E-state index in [1.807, 2.05) is 0 Å². The van der Waals surface area contributed by atoms with Crippen molar-refractivity contribution in [3.05, 3.63) is 95.1 Å². The van der Waals surface area contributed by atoms with Crippen LogP contribution in [0.15, 0.2) is 66.7 Å². The Bertz CT molecular complexity index is 972. The second kappa shape index (κ2) is 9.84. The second-order valence-electron chi connectivity index (χ2n) is 6.84. The molecule has 3 rings (SSSR count). The molecule has 0 bridgehead atoms. The summed E-state index contributed by atoms with van der Waals surface area (Å²) >= 11 is 0. The van der Waals surface area contributed by atoms with Crippen LogP contribution in [0.4, 0.5) is 8.78 Å². The lowest BCUT2D eigenvalue weighted by Gasteiger charge is -2.16. The van der Waals surface area contributed by atoms with Gasteiger partial charge in [-0.15, -0.1) is 0 Å². The second-order valence-corrected chi connectivity index (χ2v) is 6.84. The number of carbonyl (C=O) groups is 1. The van der Waals surface area contributed by atoms with Crippen molar-refractivity contribution in [2.24, 2.45) is 5.73 Å². The topological polar surface area (TPSA) is 84.6 Å². The molecule has 0 radical (unpaired) electrons. The van der Waals surface area contributed by atoms with Gasteiger partial charge in [-0.2, -0.15) is 0 Å². The van der Waals surface area contributed by atoms with Crippen LogP contribution in [0, 0.1) is 11.6 Å². The Kier molecular flexibility index (Phi) is 6.98. The van der Waals surface area contributed by atoms with Crippen molar-refractivity contribution >= 4 is 5.91 Å². The number of phenolic OH excluding ortho intramolecular Hbond substituents is 1. The summed E-state index contributed by atoms with van der Waals surface area (Å²) in [6, 6.07) is 16.6. The monoisotopic (exact) mass is 412 g/mol. The number of amides is 1. The molecule has 3 aromatic carbocycles. The van der Waals surface area contributed by atoms with E-state index in [4.69, 9.17) is 10.5 Å². The van der Waals surface area contributed by atoms with Crippen molar-refractivity contribution in [3.63, 3.8) is 0 Å². The number of carbonyl (C=O) groups excluding carboxylic acids is 1. The van der Waals surface area contributed by atoms with E-state index < -0.39 is 23.6 Å². The molecule has 0 saturated heterocycles. The Labute approximate surface area is 173 Å². The van der Waals surface area contributed by atoms with Crippen LogP contribution < -0.4 is 15.8 Å². The number of hydrogen-bond acceptors (Lipinski definition) is 4. The highest BCUT2D eigenvalue weighted by molar-refractivity contribution is 5.80. The first kappa shape index (κ1) is 21.3. The molecule has 3 aromatic rings.